The smallest absolute Gasteiger partial charge is 0.396 e. The summed E-state index contributed by atoms with van der Waals surface area (Å²) in [6.45, 7) is -4.49. The monoisotopic (exact) mass is 455 g/mol. The van der Waals surface area contributed by atoms with Gasteiger partial charge in [-0.3, -0.25) is 4.79 Å². The van der Waals surface area contributed by atoms with Gasteiger partial charge in [0.2, 0.25) is 5.60 Å². The Morgan fingerprint density at radius 1 is 1.31 bits per heavy atom. The fourth-order valence-corrected chi connectivity index (χ4v) is 4.65. The number of nitrogen functional groups attached to an aromatic ring is 1. The number of hydrogen-bond donors (Lipinski definition) is 5. The molecule has 3 saturated carbocycles. The largest absolute Gasteiger partial charge is 0.423 e. The molecule has 5 rings (SSSR count). The summed E-state index contributed by atoms with van der Waals surface area (Å²) >= 11 is 0. The van der Waals surface area contributed by atoms with Gasteiger partial charge in [-0.2, -0.15) is 13.2 Å². The minimum atomic E-state index is -5.27. The molecule has 6 N–H and O–H groups in total. The third-order valence-corrected chi connectivity index (χ3v) is 6.34. The summed E-state index contributed by atoms with van der Waals surface area (Å²) in [7, 11) is 0. The van der Waals surface area contributed by atoms with Crippen molar-refractivity contribution in [2.24, 2.45) is 5.41 Å². The van der Waals surface area contributed by atoms with Gasteiger partial charge in [0.05, 0.1) is 18.5 Å². The summed E-state index contributed by atoms with van der Waals surface area (Å²) in [5.74, 6) is -0.972. The second kappa shape index (κ2) is 7.12. The Labute approximate surface area is 185 Å². The topological polar surface area (TPSA) is 142 Å². The van der Waals surface area contributed by atoms with Crippen molar-refractivity contribution >= 4 is 11.7 Å². The van der Waals surface area contributed by atoms with Gasteiger partial charge in [0.15, 0.2) is 11.5 Å². The Morgan fingerprint density at radius 3 is 2.56 bits per heavy atom. The van der Waals surface area contributed by atoms with Crippen LogP contribution in [0, 0.1) is 12.3 Å². The lowest BCUT2D eigenvalue weighted by atomic mass is 9.39. The van der Waals surface area contributed by atoms with Gasteiger partial charge in [-0.05, 0) is 43.3 Å². The van der Waals surface area contributed by atoms with Crippen LogP contribution in [0.4, 0.5) is 19.0 Å². The highest BCUT2D eigenvalue weighted by molar-refractivity contribution is 5.97. The molecule has 0 spiro atoms. The van der Waals surface area contributed by atoms with Gasteiger partial charge < -0.3 is 26.4 Å². The molecule has 0 aliphatic heterocycles. The number of alkyl halides is 3. The fraction of sp³-hybridized carbons (Fsp3) is 0.476. The average molecular weight is 455 g/mol. The van der Waals surface area contributed by atoms with E-state index >= 15 is 0 Å². The quantitative estimate of drug-likeness (QED) is 0.444. The molecule has 0 saturated heterocycles. The maximum Gasteiger partial charge on any atom is 0.423 e. The number of anilines is 1. The Balaban J connectivity index is 1.75. The predicted molar refractivity (Wildman–Crippen MR) is 107 cm³/mol. The molecule has 1 unspecified atom stereocenters. The summed E-state index contributed by atoms with van der Waals surface area (Å²) in [5.41, 5.74) is -0.721. The van der Waals surface area contributed by atoms with Gasteiger partial charge in [-0.15, -0.1) is 0 Å². The minimum absolute atomic E-state index is 0.00834. The lowest BCUT2D eigenvalue weighted by Crippen LogP contribution is -2.75. The predicted octanol–water partition coefficient (Wildman–Crippen LogP) is 1.42. The van der Waals surface area contributed by atoms with Crippen LogP contribution in [0.15, 0.2) is 24.4 Å². The highest BCUT2D eigenvalue weighted by Gasteiger charge is 2.68. The van der Waals surface area contributed by atoms with Crippen LogP contribution < -0.4 is 11.1 Å². The molecule has 1 aromatic heterocycles. The van der Waals surface area contributed by atoms with E-state index in [-0.39, 0.29) is 34.8 Å². The first-order chi connectivity index (χ1) is 16.1. The molecule has 3 fully saturated rings. The molecule has 1 heterocycles. The number of nitrogens with two attached hydrogens (primary N) is 1. The molecule has 3 aliphatic rings. The van der Waals surface area contributed by atoms with E-state index in [1.54, 1.807) is 0 Å². The van der Waals surface area contributed by atoms with Crippen LogP contribution in [0.2, 0.25) is 0 Å². The van der Waals surface area contributed by atoms with Gasteiger partial charge >= 0.3 is 6.18 Å². The molecule has 1 aromatic carbocycles. The number of halogens is 3. The van der Waals surface area contributed by atoms with Crippen molar-refractivity contribution in [3.8, 4) is 11.3 Å². The second-order valence-electron chi connectivity index (χ2n) is 8.69. The van der Waals surface area contributed by atoms with E-state index in [0.29, 0.717) is 19.3 Å². The number of aromatic nitrogens is 2. The number of benzene rings is 1. The number of amides is 1. The standard InChI is InChI=1S/C21H23F3N4O4/c1-11-2-3-12(20(32,10-30)21(22,23)24)4-13(11)14-5-26-16(25)15(27-14)17(31)28-19-6-18(7-19,8-19)9-29/h2-5,29-30,32H,6-10H2,1H3,(H2,25,26)(H,28,31)/i1D3. The number of aliphatic hydroxyl groups is 3. The number of aryl methyl sites for hydroxylation is 1. The summed E-state index contributed by atoms with van der Waals surface area (Å²) in [5, 5.41) is 31.6. The number of aliphatic hydroxyl groups excluding tert-OH is 2. The Bertz CT molecular complexity index is 1170. The third kappa shape index (κ3) is 3.31. The Hall–Kier alpha value is -2.76. The van der Waals surface area contributed by atoms with Gasteiger partial charge in [0.25, 0.3) is 5.91 Å². The first kappa shape index (κ1) is 18.8. The molecule has 172 valence electrons. The third-order valence-electron chi connectivity index (χ3n) is 6.34. The van der Waals surface area contributed by atoms with Crippen molar-refractivity contribution < 1.29 is 37.4 Å². The maximum absolute atomic E-state index is 13.5. The SMILES string of the molecule is [2H]C([2H])([2H])c1ccc(C(O)(CO)C(F)(F)F)cc1-c1cnc(N)c(C(=O)NC23CC(CO)(C2)C3)n1. The molecule has 32 heavy (non-hydrogen) atoms. The van der Waals surface area contributed by atoms with E-state index in [4.69, 9.17) is 9.85 Å². The van der Waals surface area contributed by atoms with Crippen LogP contribution in [0.25, 0.3) is 11.3 Å². The Morgan fingerprint density at radius 2 is 2.00 bits per heavy atom. The molecule has 8 nitrogen and oxygen atoms in total. The zero-order valence-electron chi connectivity index (χ0n) is 19.7. The van der Waals surface area contributed by atoms with Gasteiger partial charge in [-0.1, -0.05) is 12.1 Å². The van der Waals surface area contributed by atoms with Gasteiger partial charge in [-0.25, -0.2) is 9.97 Å². The van der Waals surface area contributed by atoms with Crippen molar-refractivity contribution in [1.82, 2.24) is 15.3 Å². The molecule has 0 radical (unpaired) electrons. The number of rotatable bonds is 6. The molecule has 2 aromatic rings. The molecule has 11 heteroatoms. The molecule has 1 amide bonds. The van der Waals surface area contributed by atoms with Crippen LogP contribution in [0.5, 0.6) is 0 Å². The van der Waals surface area contributed by atoms with Crippen LogP contribution >= 0.6 is 0 Å². The Kier molecular flexibility index (Phi) is 4.18. The van der Waals surface area contributed by atoms with E-state index in [1.165, 1.54) is 0 Å². The van der Waals surface area contributed by atoms with E-state index in [1.807, 2.05) is 0 Å². The average Bonchev–Trinajstić information content (AvgIpc) is 2.72. The van der Waals surface area contributed by atoms with E-state index in [0.717, 1.165) is 24.4 Å². The first-order valence-electron chi connectivity index (χ1n) is 11.2. The minimum Gasteiger partial charge on any atom is -0.396 e. The summed E-state index contributed by atoms with van der Waals surface area (Å²) < 4.78 is 63.8. The van der Waals surface area contributed by atoms with Crippen LogP contribution in [0.3, 0.4) is 0 Å². The molecular formula is C21H23F3N4O4. The van der Waals surface area contributed by atoms with Crippen molar-refractivity contribution in [3.63, 3.8) is 0 Å². The first-order valence-corrected chi connectivity index (χ1v) is 9.70. The normalized spacial score (nSPS) is 27.8. The highest BCUT2D eigenvalue weighted by Crippen LogP contribution is 2.66. The fourth-order valence-electron chi connectivity index (χ4n) is 4.65. The van der Waals surface area contributed by atoms with Crippen molar-refractivity contribution in [2.45, 2.75) is 43.4 Å². The van der Waals surface area contributed by atoms with Crippen molar-refractivity contribution in [1.29, 1.82) is 0 Å². The van der Waals surface area contributed by atoms with Crippen molar-refractivity contribution in [3.05, 3.63) is 41.2 Å². The van der Waals surface area contributed by atoms with Crippen molar-refractivity contribution in [2.75, 3.05) is 18.9 Å². The van der Waals surface area contributed by atoms with E-state index < -0.39 is 47.8 Å². The summed E-state index contributed by atoms with van der Waals surface area (Å²) in [6, 6.07) is 2.38. The summed E-state index contributed by atoms with van der Waals surface area (Å²) in [6.07, 6.45) is -2.52. The second-order valence-corrected chi connectivity index (χ2v) is 8.69. The maximum atomic E-state index is 13.5. The summed E-state index contributed by atoms with van der Waals surface area (Å²) in [4.78, 5) is 20.8. The van der Waals surface area contributed by atoms with E-state index in [9.17, 15) is 33.3 Å². The number of carbonyl (C=O) groups is 1. The van der Waals surface area contributed by atoms with Gasteiger partial charge in [0, 0.05) is 27.2 Å². The zero-order chi connectivity index (χ0) is 26.0. The van der Waals surface area contributed by atoms with Crippen LogP contribution in [0.1, 0.15) is 45.0 Å². The number of nitrogens with one attached hydrogen (secondary N) is 1. The van der Waals surface area contributed by atoms with Crippen LogP contribution in [-0.4, -0.2) is 56.1 Å². The molecule has 3 aliphatic carbocycles. The van der Waals surface area contributed by atoms with Gasteiger partial charge in [0.1, 0.15) is 0 Å². The molecular weight excluding hydrogens is 429 g/mol. The lowest BCUT2D eigenvalue weighted by Gasteiger charge is -2.70. The molecule has 1 atom stereocenters. The lowest BCUT2D eigenvalue weighted by molar-refractivity contribution is -0.277. The zero-order valence-corrected chi connectivity index (χ0v) is 16.7. The van der Waals surface area contributed by atoms with E-state index in [2.05, 4.69) is 15.3 Å². The van der Waals surface area contributed by atoms with Crippen LogP contribution in [-0.2, 0) is 5.60 Å². The number of carbonyl (C=O) groups excluding carboxylic acids is 1. The number of nitrogens with zero attached hydrogens (tertiary/aromatic N) is 2. The highest BCUT2D eigenvalue weighted by atomic mass is 19.4. The number of hydrogen-bond acceptors (Lipinski definition) is 7. The molecule has 2 bridgehead atoms.